The average molecular weight is 1720 g/mol. The van der Waals surface area contributed by atoms with Crippen molar-refractivity contribution < 1.29 is 9.59 Å². The van der Waals surface area contributed by atoms with Crippen LogP contribution in [0.4, 0.5) is 0 Å². The number of hydrogen-bond donors (Lipinski definition) is 0. The summed E-state index contributed by atoms with van der Waals surface area (Å²) in [5, 5.41) is 0. The maximum atomic E-state index is 16.6. The van der Waals surface area contributed by atoms with Gasteiger partial charge in [0.1, 0.15) is 0 Å². The molecule has 14 rings (SSSR count). The molecule has 0 bridgehead atoms. The molecule has 0 spiro atoms. The zero-order chi connectivity index (χ0) is 85.8. The van der Waals surface area contributed by atoms with Crippen LogP contribution in [0.5, 0.6) is 0 Å². The maximum absolute atomic E-state index is 16.6. The first-order valence-electron chi connectivity index (χ1n) is 51.9. The van der Waals surface area contributed by atoms with Crippen molar-refractivity contribution >= 4 is 80.7 Å². The predicted octanol–water partition coefficient (Wildman–Crippen LogP) is 37.4. The van der Waals surface area contributed by atoms with Gasteiger partial charge in [-0.2, -0.15) is 0 Å². The maximum Gasteiger partial charge on any atom is 0.265 e. The Kier molecular flexibility index (Phi) is 32.2. The van der Waals surface area contributed by atoms with E-state index in [1.165, 1.54) is 377 Å². The first-order valence-corrected chi connectivity index (χ1v) is 55.2. The molecule has 2 amide bonds. The Bertz CT molecular complexity index is 4320. The van der Waals surface area contributed by atoms with Gasteiger partial charge in [-0.1, -0.05) is 405 Å². The van der Waals surface area contributed by atoms with Crippen LogP contribution in [-0.2, 0) is 42.1 Å². The van der Waals surface area contributed by atoms with Crippen molar-refractivity contribution in [3.05, 3.63) is 135 Å². The minimum absolute atomic E-state index is 0.0247. The number of fused-ring (bicyclic) bond motifs is 21. The SMILES string of the molecule is CCCCCCCCC1(CCCCCCCC)c2cc3c(cc2-c2sc(C(C)(C)C)cc21)C(CCCCCCCC)(CCCCCCCC)c1c-3sc2c1C=CN1C(=O)C3=C4c5sc6c(c5C=CN4C(=O)C3=C21)C(CCCCCCCC)(CCCCCCCC)c1cc2c(cc1-6)C(CCCCCCCC)(CCCCCCCC)c1cc(C(C)(C)C)sc1-2. The minimum Gasteiger partial charge on any atom is -0.281 e. The molecule has 4 aliphatic carbocycles. The number of hydrogen-bond acceptors (Lipinski definition) is 6. The first-order chi connectivity index (χ1) is 59.3. The Hall–Kier alpha value is -4.86. The van der Waals surface area contributed by atoms with Crippen LogP contribution in [0.15, 0.2) is 59.9 Å². The highest BCUT2D eigenvalue weighted by molar-refractivity contribution is 7.18. The molecular weight excluding hydrogens is 1560 g/mol. The van der Waals surface area contributed by atoms with Gasteiger partial charge in [-0.3, -0.25) is 19.4 Å². The fourth-order valence-corrected chi connectivity index (χ4v) is 29.9. The molecule has 122 heavy (non-hydrogen) atoms. The fraction of sp³-hybridized carbons (Fsp3) is 0.667. The van der Waals surface area contributed by atoms with E-state index >= 15 is 9.59 Å². The molecule has 6 aromatic rings. The van der Waals surface area contributed by atoms with Gasteiger partial charge in [0, 0.05) is 74.4 Å². The Morgan fingerprint density at radius 3 is 0.721 bits per heavy atom. The smallest absolute Gasteiger partial charge is 0.265 e. The normalized spacial score (nSPS) is 16.6. The van der Waals surface area contributed by atoms with E-state index < -0.39 is 0 Å². The van der Waals surface area contributed by atoms with Crippen LogP contribution in [0.1, 0.15) is 532 Å². The van der Waals surface area contributed by atoms with E-state index in [1.54, 1.807) is 64.0 Å². The second-order valence-electron chi connectivity index (χ2n) is 42.1. The highest BCUT2D eigenvalue weighted by Gasteiger charge is 2.58. The minimum atomic E-state index is -0.210. The van der Waals surface area contributed by atoms with Gasteiger partial charge in [-0.25, -0.2) is 0 Å². The molecule has 8 heterocycles. The molecule has 4 aromatic heterocycles. The Morgan fingerprint density at radius 2 is 0.475 bits per heavy atom. The summed E-state index contributed by atoms with van der Waals surface area (Å²) < 4.78 is 0. The molecule has 8 aliphatic rings. The molecule has 4 aliphatic heterocycles. The second-order valence-corrected chi connectivity index (χ2v) is 46.2. The topological polar surface area (TPSA) is 40.6 Å². The van der Waals surface area contributed by atoms with Gasteiger partial charge in [0.2, 0.25) is 0 Å². The van der Waals surface area contributed by atoms with Gasteiger partial charge < -0.3 is 0 Å². The summed E-state index contributed by atoms with van der Waals surface area (Å²) in [5.74, 6) is -0.0495. The number of carbonyl (C=O) groups excluding carboxylic acids is 2. The van der Waals surface area contributed by atoms with Crippen LogP contribution >= 0.6 is 45.3 Å². The standard InChI is InChI=1S/C114H164N2O2S4/c1-15-23-31-39-47-55-65-111(66-56-48-40-32-24-16-2)87-77-85-89(75-83(87)101-91(111)79-93(119-101)109(9,10)11)113(69-59-51-43-35-27-19-5,70-60-52-44-36-28-20-6)97-81-63-73-115-99(105(81)121-103(85)97)95-96(108(115)118)100-106-82(64-74-116(100)107(95)117)98-104(122-106)86-78-88-84(76-90(86)114(98,71-61-53-45-37-29-21-7)72-62-54-46-38-30-22-8)102-92(80-94(120-102)110(12,13)14)112(88,67-57-49-41-33-25-17-3)68-58-50-42-34-26-18-4/h63-64,73-80H,15-62,65-72H2,1-14H3. The van der Waals surface area contributed by atoms with Crippen LogP contribution in [-0.4, -0.2) is 21.6 Å². The van der Waals surface area contributed by atoms with Gasteiger partial charge >= 0.3 is 0 Å². The molecule has 8 heteroatoms. The van der Waals surface area contributed by atoms with Crippen molar-refractivity contribution in [1.82, 2.24) is 9.80 Å². The molecule has 0 radical (unpaired) electrons. The summed E-state index contributed by atoms with van der Waals surface area (Å²) in [6.45, 7) is 33.6. The zero-order valence-corrected chi connectivity index (χ0v) is 83.0. The summed E-state index contributed by atoms with van der Waals surface area (Å²) in [4.78, 5) is 48.6. The lowest BCUT2D eigenvalue weighted by Crippen LogP contribution is -2.29. The lowest BCUT2D eigenvalue weighted by molar-refractivity contribution is -0.122. The van der Waals surface area contributed by atoms with Crippen LogP contribution in [0, 0.1) is 0 Å². The zero-order valence-electron chi connectivity index (χ0n) is 79.7. The second kappa shape index (κ2) is 42.1. The number of nitrogens with zero attached hydrogens (tertiary/aromatic N) is 2. The Balaban J connectivity index is 0.957. The van der Waals surface area contributed by atoms with E-state index in [0.717, 1.165) is 46.8 Å². The fourth-order valence-electron chi connectivity index (χ4n) is 24.3. The molecule has 0 saturated heterocycles. The van der Waals surface area contributed by atoms with E-state index in [-0.39, 0.29) is 44.3 Å². The quantitative estimate of drug-likeness (QED) is 0.0357. The molecule has 0 unspecified atom stereocenters. The molecular formula is C114H164N2O2S4. The molecule has 4 nitrogen and oxygen atoms in total. The van der Waals surface area contributed by atoms with E-state index in [4.69, 9.17) is 0 Å². The van der Waals surface area contributed by atoms with E-state index in [9.17, 15) is 0 Å². The predicted molar refractivity (Wildman–Crippen MR) is 536 cm³/mol. The molecule has 0 fully saturated rings. The van der Waals surface area contributed by atoms with Gasteiger partial charge in [-0.05, 0) is 178 Å². The van der Waals surface area contributed by atoms with Gasteiger partial charge in [0.15, 0.2) is 0 Å². The van der Waals surface area contributed by atoms with E-state index in [2.05, 4.69) is 181 Å². The molecule has 0 saturated carbocycles. The summed E-state index contributed by atoms with van der Waals surface area (Å²) in [6, 6.07) is 16.9. The summed E-state index contributed by atoms with van der Waals surface area (Å²) in [5.41, 5.74) is 24.0. The monoisotopic (exact) mass is 1720 g/mol. The lowest BCUT2D eigenvalue weighted by Gasteiger charge is -2.36. The Morgan fingerprint density at radius 1 is 0.254 bits per heavy atom. The van der Waals surface area contributed by atoms with Crippen molar-refractivity contribution in [2.45, 2.75) is 489 Å². The summed E-state index contributed by atoms with van der Waals surface area (Å²) >= 11 is 8.22. The van der Waals surface area contributed by atoms with Crippen molar-refractivity contribution in [2.75, 3.05) is 0 Å². The van der Waals surface area contributed by atoms with Crippen LogP contribution in [0.2, 0.25) is 0 Å². The molecule has 666 valence electrons. The van der Waals surface area contributed by atoms with Gasteiger partial charge in [0.25, 0.3) is 11.8 Å². The number of amides is 2. The van der Waals surface area contributed by atoms with Crippen molar-refractivity contribution in [2.24, 2.45) is 0 Å². The van der Waals surface area contributed by atoms with Crippen molar-refractivity contribution in [3.63, 3.8) is 0 Å². The Labute approximate surface area is 760 Å². The highest BCUT2D eigenvalue weighted by Crippen LogP contribution is 2.70. The molecule has 0 N–H and O–H groups in total. The van der Waals surface area contributed by atoms with E-state index in [1.807, 2.05) is 32.5 Å². The van der Waals surface area contributed by atoms with Crippen LogP contribution < -0.4 is 0 Å². The van der Waals surface area contributed by atoms with Gasteiger partial charge in [-0.15, -0.1) is 45.3 Å². The van der Waals surface area contributed by atoms with Crippen molar-refractivity contribution in [1.29, 1.82) is 0 Å². The third kappa shape index (κ3) is 18.4. The number of unbranched alkanes of at least 4 members (excludes halogenated alkanes) is 40. The molecule has 0 atom stereocenters. The number of carbonyl (C=O) groups is 2. The molecule has 2 aromatic carbocycles. The largest absolute Gasteiger partial charge is 0.281 e. The van der Waals surface area contributed by atoms with E-state index in [0.29, 0.717) is 11.1 Å². The third-order valence-corrected chi connectivity index (χ3v) is 36.8. The summed E-state index contributed by atoms with van der Waals surface area (Å²) in [6.07, 6.45) is 80.2. The van der Waals surface area contributed by atoms with Crippen molar-refractivity contribution in [3.8, 4) is 41.8 Å². The number of rotatable bonds is 56. The number of benzene rings is 2. The summed E-state index contributed by atoms with van der Waals surface area (Å²) in [7, 11) is 0. The first kappa shape index (κ1) is 93.3. The lowest BCUT2D eigenvalue weighted by atomic mass is 9.68. The number of thiophene rings is 4. The highest BCUT2D eigenvalue weighted by atomic mass is 32.1. The average Bonchev–Trinajstić information content (AvgIpc) is 1.50. The third-order valence-electron chi connectivity index (χ3n) is 31.1. The van der Waals surface area contributed by atoms with Crippen LogP contribution in [0.3, 0.4) is 0 Å². The van der Waals surface area contributed by atoms with Gasteiger partial charge in [0.05, 0.1) is 32.3 Å². The van der Waals surface area contributed by atoms with Crippen LogP contribution in [0.25, 0.3) is 65.3 Å².